The van der Waals surface area contributed by atoms with Gasteiger partial charge < -0.3 is 10.1 Å². The van der Waals surface area contributed by atoms with E-state index in [0.29, 0.717) is 6.54 Å². The molecule has 0 radical (unpaired) electrons. The zero-order chi connectivity index (χ0) is 15.0. The van der Waals surface area contributed by atoms with Crippen LogP contribution in [0.4, 0.5) is 5.13 Å². The predicted octanol–water partition coefficient (Wildman–Crippen LogP) is 1.97. The normalized spacial score (nSPS) is 22.9. The third-order valence-corrected chi connectivity index (χ3v) is 5.06. The lowest BCUT2D eigenvalue weighted by atomic mass is 10.1. The molecule has 1 aliphatic carbocycles. The van der Waals surface area contributed by atoms with Crippen molar-refractivity contribution in [2.75, 3.05) is 11.9 Å². The average Bonchev–Trinajstić information content (AvgIpc) is 3.02. The number of aromatic nitrogens is 5. The van der Waals surface area contributed by atoms with Gasteiger partial charge in [-0.15, -0.1) is 5.10 Å². The first-order valence-corrected chi connectivity index (χ1v) is 8.57. The molecule has 1 N–H and O–H groups in total. The Morgan fingerprint density at radius 2 is 2.41 bits per heavy atom. The predicted molar refractivity (Wildman–Crippen MR) is 82.8 cm³/mol. The van der Waals surface area contributed by atoms with Crippen LogP contribution >= 0.6 is 11.5 Å². The molecule has 3 heterocycles. The number of anilines is 1. The third-order valence-electron chi connectivity index (χ3n) is 4.39. The highest BCUT2D eigenvalue weighted by atomic mass is 32.1. The van der Waals surface area contributed by atoms with E-state index >= 15 is 0 Å². The summed E-state index contributed by atoms with van der Waals surface area (Å²) in [6.07, 6.45) is 6.90. The Kier molecular flexibility index (Phi) is 3.57. The highest BCUT2D eigenvalue weighted by Crippen LogP contribution is 2.46. The Morgan fingerprint density at radius 3 is 3.18 bits per heavy atom. The molecule has 22 heavy (non-hydrogen) atoms. The van der Waals surface area contributed by atoms with Gasteiger partial charge in [-0.25, -0.2) is 9.67 Å². The van der Waals surface area contributed by atoms with Gasteiger partial charge in [0.05, 0.1) is 25.4 Å². The van der Waals surface area contributed by atoms with Gasteiger partial charge in [0.25, 0.3) is 0 Å². The van der Waals surface area contributed by atoms with Crippen molar-refractivity contribution < 1.29 is 4.74 Å². The molecule has 1 atom stereocenters. The molecule has 118 valence electrons. The first-order valence-electron chi connectivity index (χ1n) is 7.80. The minimum atomic E-state index is 0.223. The molecule has 2 aliphatic rings. The molecule has 4 rings (SSSR count). The molecule has 2 fully saturated rings. The van der Waals surface area contributed by atoms with Crippen molar-refractivity contribution in [3.63, 3.8) is 0 Å². The van der Waals surface area contributed by atoms with Gasteiger partial charge in [-0.05, 0) is 25.7 Å². The standard InChI is InChI=1S/C14H20N6OS/c1-14(4-5-14)12-16-13(22-18-12)15-7-10-8-20(19-17-10)9-11-3-2-6-21-11/h8,11H,2-7,9H2,1H3,(H,15,16,18). The molecule has 7 nitrogen and oxygen atoms in total. The van der Waals surface area contributed by atoms with E-state index in [-0.39, 0.29) is 11.5 Å². The molecular formula is C14H20N6OS. The summed E-state index contributed by atoms with van der Waals surface area (Å²) in [6, 6.07) is 0. The lowest BCUT2D eigenvalue weighted by Crippen LogP contribution is -2.15. The maximum atomic E-state index is 5.62. The molecule has 1 aliphatic heterocycles. The fraction of sp³-hybridized carbons (Fsp3) is 0.714. The second kappa shape index (κ2) is 5.58. The van der Waals surface area contributed by atoms with E-state index in [1.165, 1.54) is 24.4 Å². The van der Waals surface area contributed by atoms with E-state index in [0.717, 1.165) is 42.6 Å². The number of hydrogen-bond acceptors (Lipinski definition) is 7. The monoisotopic (exact) mass is 320 g/mol. The fourth-order valence-electron chi connectivity index (χ4n) is 2.62. The molecule has 2 aromatic heterocycles. The SMILES string of the molecule is CC1(c2nsc(NCc3cn(CC4CCCO4)nn3)n2)CC1. The van der Waals surface area contributed by atoms with Crippen LogP contribution in [0.25, 0.3) is 0 Å². The van der Waals surface area contributed by atoms with Crippen LogP contribution in [0.3, 0.4) is 0 Å². The Bertz CT molecular complexity index is 643. The summed E-state index contributed by atoms with van der Waals surface area (Å²) in [5, 5.41) is 12.5. The third kappa shape index (κ3) is 2.98. The van der Waals surface area contributed by atoms with E-state index in [1.54, 1.807) is 0 Å². The van der Waals surface area contributed by atoms with E-state index < -0.39 is 0 Å². The molecule has 1 unspecified atom stereocenters. The molecule has 1 saturated heterocycles. The van der Waals surface area contributed by atoms with E-state index in [2.05, 4.69) is 31.9 Å². The summed E-state index contributed by atoms with van der Waals surface area (Å²) in [5.41, 5.74) is 1.13. The molecule has 0 bridgehead atoms. The van der Waals surface area contributed by atoms with Crippen molar-refractivity contribution >= 4 is 16.7 Å². The van der Waals surface area contributed by atoms with Gasteiger partial charge in [-0.2, -0.15) is 4.37 Å². The largest absolute Gasteiger partial charge is 0.376 e. The van der Waals surface area contributed by atoms with Crippen LogP contribution in [-0.2, 0) is 23.2 Å². The second-order valence-corrected chi connectivity index (χ2v) is 7.16. The van der Waals surface area contributed by atoms with Crippen LogP contribution in [0, 0.1) is 0 Å². The van der Waals surface area contributed by atoms with Crippen LogP contribution in [-0.4, -0.2) is 37.1 Å². The molecule has 0 aromatic carbocycles. The van der Waals surface area contributed by atoms with E-state index in [4.69, 9.17) is 4.74 Å². The zero-order valence-electron chi connectivity index (χ0n) is 12.7. The molecule has 0 amide bonds. The maximum absolute atomic E-state index is 5.62. The molecule has 2 aromatic rings. The summed E-state index contributed by atoms with van der Waals surface area (Å²) in [7, 11) is 0. The van der Waals surface area contributed by atoms with Gasteiger partial charge in [0, 0.05) is 23.6 Å². The van der Waals surface area contributed by atoms with Gasteiger partial charge in [-0.1, -0.05) is 12.1 Å². The number of hydrogen-bond donors (Lipinski definition) is 1. The van der Waals surface area contributed by atoms with Crippen molar-refractivity contribution in [3.05, 3.63) is 17.7 Å². The van der Waals surface area contributed by atoms with Crippen molar-refractivity contribution in [1.29, 1.82) is 0 Å². The van der Waals surface area contributed by atoms with Crippen LogP contribution < -0.4 is 5.32 Å². The summed E-state index contributed by atoms with van der Waals surface area (Å²) >= 11 is 1.42. The number of nitrogens with zero attached hydrogens (tertiary/aromatic N) is 5. The maximum Gasteiger partial charge on any atom is 0.202 e. The summed E-state index contributed by atoms with van der Waals surface area (Å²) in [5.74, 6) is 0.974. The number of ether oxygens (including phenoxy) is 1. The van der Waals surface area contributed by atoms with Gasteiger partial charge in [0.2, 0.25) is 5.13 Å². The molecule has 8 heteroatoms. The Balaban J connectivity index is 1.31. The van der Waals surface area contributed by atoms with Crippen molar-refractivity contribution in [2.24, 2.45) is 0 Å². The van der Waals surface area contributed by atoms with Crippen LogP contribution in [0.15, 0.2) is 6.20 Å². The number of nitrogens with one attached hydrogen (secondary N) is 1. The number of rotatable bonds is 6. The van der Waals surface area contributed by atoms with Gasteiger partial charge >= 0.3 is 0 Å². The van der Waals surface area contributed by atoms with Crippen LogP contribution in [0.1, 0.15) is 44.1 Å². The van der Waals surface area contributed by atoms with Crippen molar-refractivity contribution in [3.8, 4) is 0 Å². The average molecular weight is 320 g/mol. The fourth-order valence-corrected chi connectivity index (χ4v) is 3.32. The highest BCUT2D eigenvalue weighted by molar-refractivity contribution is 7.09. The molecule has 1 saturated carbocycles. The summed E-state index contributed by atoms with van der Waals surface area (Å²) in [4.78, 5) is 4.57. The minimum absolute atomic E-state index is 0.223. The van der Waals surface area contributed by atoms with Crippen molar-refractivity contribution in [1.82, 2.24) is 24.4 Å². The van der Waals surface area contributed by atoms with Crippen LogP contribution in [0.2, 0.25) is 0 Å². The van der Waals surface area contributed by atoms with Gasteiger partial charge in [0.15, 0.2) is 5.82 Å². The first-order chi connectivity index (χ1) is 10.7. The smallest absolute Gasteiger partial charge is 0.202 e. The van der Waals surface area contributed by atoms with Crippen molar-refractivity contribution in [2.45, 2.75) is 57.2 Å². The Labute approximate surface area is 133 Å². The first kappa shape index (κ1) is 14.1. The highest BCUT2D eigenvalue weighted by Gasteiger charge is 2.42. The zero-order valence-corrected chi connectivity index (χ0v) is 13.5. The molecular weight excluding hydrogens is 300 g/mol. The van der Waals surface area contributed by atoms with Gasteiger partial charge in [-0.3, -0.25) is 0 Å². The van der Waals surface area contributed by atoms with E-state index in [1.807, 2.05) is 10.9 Å². The molecule has 0 spiro atoms. The summed E-state index contributed by atoms with van der Waals surface area (Å²) < 4.78 is 11.9. The minimum Gasteiger partial charge on any atom is -0.376 e. The summed E-state index contributed by atoms with van der Waals surface area (Å²) in [6.45, 7) is 4.49. The van der Waals surface area contributed by atoms with Crippen LogP contribution in [0.5, 0.6) is 0 Å². The van der Waals surface area contributed by atoms with E-state index in [9.17, 15) is 0 Å². The Hall–Kier alpha value is -1.54. The lowest BCUT2D eigenvalue weighted by Gasteiger charge is -2.07. The topological polar surface area (TPSA) is 77.8 Å². The second-order valence-electron chi connectivity index (χ2n) is 6.40. The van der Waals surface area contributed by atoms with Gasteiger partial charge in [0.1, 0.15) is 5.69 Å². The quantitative estimate of drug-likeness (QED) is 0.877. The Morgan fingerprint density at radius 1 is 1.50 bits per heavy atom. The lowest BCUT2D eigenvalue weighted by molar-refractivity contribution is 0.0935.